The molecule has 0 amide bonds. The third kappa shape index (κ3) is 2.99. The molecule has 0 aromatic carbocycles. The van der Waals surface area contributed by atoms with Gasteiger partial charge in [0.1, 0.15) is 0 Å². The van der Waals surface area contributed by atoms with Gasteiger partial charge in [-0.1, -0.05) is 12.8 Å². The monoisotopic (exact) mass is 271 g/mol. The SMILES string of the molecule is Brc1ccc(SCC2CCCC2)nc1. The Bertz CT molecular complexity index is 280. The summed E-state index contributed by atoms with van der Waals surface area (Å²) in [6, 6.07) is 4.15. The molecule has 0 bridgehead atoms. The molecule has 1 aliphatic carbocycles. The first-order valence-electron chi connectivity index (χ1n) is 5.09. The molecule has 1 nitrogen and oxygen atoms in total. The molecular formula is C11H14BrNS. The Morgan fingerprint density at radius 3 is 2.79 bits per heavy atom. The van der Waals surface area contributed by atoms with Gasteiger partial charge in [0, 0.05) is 16.4 Å². The summed E-state index contributed by atoms with van der Waals surface area (Å²) < 4.78 is 1.06. The van der Waals surface area contributed by atoms with Crippen molar-refractivity contribution in [1.29, 1.82) is 0 Å². The molecule has 76 valence electrons. The Morgan fingerprint density at radius 2 is 2.14 bits per heavy atom. The van der Waals surface area contributed by atoms with Gasteiger partial charge in [-0.2, -0.15) is 0 Å². The summed E-state index contributed by atoms with van der Waals surface area (Å²) in [6.45, 7) is 0. The van der Waals surface area contributed by atoms with Gasteiger partial charge in [0.25, 0.3) is 0 Å². The van der Waals surface area contributed by atoms with Gasteiger partial charge in [0.05, 0.1) is 5.03 Å². The number of pyridine rings is 1. The molecule has 14 heavy (non-hydrogen) atoms. The molecule has 3 heteroatoms. The van der Waals surface area contributed by atoms with E-state index in [1.165, 1.54) is 31.4 Å². The third-order valence-corrected chi connectivity index (χ3v) is 4.29. The quantitative estimate of drug-likeness (QED) is 0.767. The predicted molar refractivity (Wildman–Crippen MR) is 64.6 cm³/mol. The van der Waals surface area contributed by atoms with E-state index in [1.807, 2.05) is 18.0 Å². The molecule has 0 N–H and O–H groups in total. The van der Waals surface area contributed by atoms with Crippen molar-refractivity contribution in [3.63, 3.8) is 0 Å². The van der Waals surface area contributed by atoms with Crippen LogP contribution < -0.4 is 0 Å². The first kappa shape index (κ1) is 10.5. The molecule has 0 unspecified atom stereocenters. The third-order valence-electron chi connectivity index (χ3n) is 2.64. The molecule has 1 aliphatic rings. The van der Waals surface area contributed by atoms with Crippen LogP contribution in [0.25, 0.3) is 0 Å². The van der Waals surface area contributed by atoms with E-state index < -0.39 is 0 Å². The number of nitrogens with zero attached hydrogens (tertiary/aromatic N) is 1. The van der Waals surface area contributed by atoms with Crippen molar-refractivity contribution in [2.24, 2.45) is 5.92 Å². The highest BCUT2D eigenvalue weighted by atomic mass is 79.9. The largest absolute Gasteiger partial charge is 0.249 e. The van der Waals surface area contributed by atoms with E-state index in [2.05, 4.69) is 33.0 Å². The second-order valence-corrected chi connectivity index (χ2v) is 5.73. The summed E-state index contributed by atoms with van der Waals surface area (Å²) in [4.78, 5) is 4.36. The van der Waals surface area contributed by atoms with Gasteiger partial charge in [0.2, 0.25) is 0 Å². The van der Waals surface area contributed by atoms with E-state index in [4.69, 9.17) is 0 Å². The summed E-state index contributed by atoms with van der Waals surface area (Å²) in [5.41, 5.74) is 0. The number of hydrogen-bond donors (Lipinski definition) is 0. The van der Waals surface area contributed by atoms with Gasteiger partial charge >= 0.3 is 0 Å². The normalized spacial score (nSPS) is 17.5. The van der Waals surface area contributed by atoms with Crippen LogP contribution in [0.3, 0.4) is 0 Å². The zero-order valence-corrected chi connectivity index (χ0v) is 10.5. The van der Waals surface area contributed by atoms with Crippen LogP contribution in [0.2, 0.25) is 0 Å². The number of aromatic nitrogens is 1. The van der Waals surface area contributed by atoms with Crippen molar-refractivity contribution < 1.29 is 0 Å². The zero-order valence-electron chi connectivity index (χ0n) is 8.08. The number of halogens is 1. The van der Waals surface area contributed by atoms with Gasteiger partial charge in [-0.05, 0) is 46.8 Å². The lowest BCUT2D eigenvalue weighted by molar-refractivity contribution is 0.623. The van der Waals surface area contributed by atoms with Crippen LogP contribution in [-0.4, -0.2) is 10.7 Å². The summed E-state index contributed by atoms with van der Waals surface area (Å²) in [5.74, 6) is 2.18. The maximum Gasteiger partial charge on any atom is 0.0960 e. The molecule has 1 fully saturated rings. The number of hydrogen-bond acceptors (Lipinski definition) is 2. The molecule has 1 aromatic heterocycles. The van der Waals surface area contributed by atoms with Crippen LogP contribution in [0.15, 0.2) is 27.8 Å². The second kappa shape index (κ2) is 5.17. The molecule has 1 heterocycles. The predicted octanol–water partition coefficient (Wildman–Crippen LogP) is 4.13. The molecule has 0 spiro atoms. The highest BCUT2D eigenvalue weighted by molar-refractivity contribution is 9.10. The van der Waals surface area contributed by atoms with Crippen LogP contribution in [-0.2, 0) is 0 Å². The smallest absolute Gasteiger partial charge is 0.0960 e. The molecular weight excluding hydrogens is 258 g/mol. The molecule has 2 rings (SSSR count). The van der Waals surface area contributed by atoms with Gasteiger partial charge in [-0.3, -0.25) is 0 Å². The van der Waals surface area contributed by atoms with E-state index in [0.717, 1.165) is 15.4 Å². The lowest BCUT2D eigenvalue weighted by Gasteiger charge is -2.07. The second-order valence-electron chi connectivity index (χ2n) is 3.78. The highest BCUT2D eigenvalue weighted by Gasteiger charge is 2.14. The van der Waals surface area contributed by atoms with Crippen molar-refractivity contribution in [2.75, 3.05) is 5.75 Å². The highest BCUT2D eigenvalue weighted by Crippen LogP contribution is 2.30. The van der Waals surface area contributed by atoms with Gasteiger partial charge in [0.15, 0.2) is 0 Å². The summed E-state index contributed by atoms with van der Waals surface area (Å²) in [7, 11) is 0. The molecule has 0 atom stereocenters. The minimum atomic E-state index is 0.936. The van der Waals surface area contributed by atoms with Crippen molar-refractivity contribution in [3.05, 3.63) is 22.8 Å². The molecule has 0 radical (unpaired) electrons. The van der Waals surface area contributed by atoms with Crippen molar-refractivity contribution in [2.45, 2.75) is 30.7 Å². The number of thioether (sulfide) groups is 1. The molecule has 1 saturated carbocycles. The van der Waals surface area contributed by atoms with Gasteiger partial charge in [-0.25, -0.2) is 4.98 Å². The van der Waals surface area contributed by atoms with Crippen molar-refractivity contribution in [3.8, 4) is 0 Å². The summed E-state index contributed by atoms with van der Waals surface area (Å²) >= 11 is 5.29. The Morgan fingerprint density at radius 1 is 1.36 bits per heavy atom. The Hall–Kier alpha value is -0.0200. The minimum Gasteiger partial charge on any atom is -0.249 e. The fourth-order valence-electron chi connectivity index (χ4n) is 1.83. The topological polar surface area (TPSA) is 12.9 Å². The van der Waals surface area contributed by atoms with E-state index >= 15 is 0 Å². The first-order valence-corrected chi connectivity index (χ1v) is 6.87. The summed E-state index contributed by atoms with van der Waals surface area (Å²) in [5, 5.41) is 1.15. The Labute approximate surface area is 97.8 Å². The van der Waals surface area contributed by atoms with Crippen LogP contribution >= 0.6 is 27.7 Å². The zero-order chi connectivity index (χ0) is 9.80. The maximum absolute atomic E-state index is 4.36. The average molecular weight is 272 g/mol. The minimum absolute atomic E-state index is 0.936. The maximum atomic E-state index is 4.36. The fourth-order valence-corrected chi connectivity index (χ4v) is 3.09. The van der Waals surface area contributed by atoms with Crippen molar-refractivity contribution in [1.82, 2.24) is 4.98 Å². The standard InChI is InChI=1S/C11H14BrNS/c12-10-5-6-11(13-7-10)14-8-9-3-1-2-4-9/h5-7,9H,1-4,8H2. The molecule has 1 aromatic rings. The van der Waals surface area contributed by atoms with E-state index in [9.17, 15) is 0 Å². The van der Waals surface area contributed by atoms with Crippen LogP contribution in [0.4, 0.5) is 0 Å². The Kier molecular flexibility index (Phi) is 3.88. The van der Waals surface area contributed by atoms with Gasteiger partial charge < -0.3 is 0 Å². The lowest BCUT2D eigenvalue weighted by atomic mass is 10.1. The first-order chi connectivity index (χ1) is 6.84. The van der Waals surface area contributed by atoms with Gasteiger partial charge in [-0.15, -0.1) is 11.8 Å². The van der Waals surface area contributed by atoms with E-state index in [1.54, 1.807) is 0 Å². The van der Waals surface area contributed by atoms with Crippen LogP contribution in [0.1, 0.15) is 25.7 Å². The molecule has 0 aliphatic heterocycles. The average Bonchev–Trinajstić information content (AvgIpc) is 2.70. The van der Waals surface area contributed by atoms with Crippen molar-refractivity contribution >= 4 is 27.7 Å². The molecule has 0 saturated heterocycles. The van der Waals surface area contributed by atoms with Crippen LogP contribution in [0, 0.1) is 5.92 Å². The number of rotatable bonds is 3. The fraction of sp³-hybridized carbons (Fsp3) is 0.545. The lowest BCUT2D eigenvalue weighted by Crippen LogP contribution is -1.96. The van der Waals surface area contributed by atoms with Crippen LogP contribution in [0.5, 0.6) is 0 Å². The van der Waals surface area contributed by atoms with E-state index in [-0.39, 0.29) is 0 Å². The van der Waals surface area contributed by atoms with E-state index in [0.29, 0.717) is 0 Å². The summed E-state index contributed by atoms with van der Waals surface area (Å²) in [6.07, 6.45) is 7.57. The Balaban J connectivity index is 1.82.